The summed E-state index contributed by atoms with van der Waals surface area (Å²) in [5.41, 5.74) is 2.54. The summed E-state index contributed by atoms with van der Waals surface area (Å²) < 4.78 is 0. The minimum atomic E-state index is -1.47. The van der Waals surface area contributed by atoms with Crippen molar-refractivity contribution in [1.29, 1.82) is 0 Å². The van der Waals surface area contributed by atoms with E-state index in [1.165, 1.54) is 6.08 Å². The van der Waals surface area contributed by atoms with Crippen LogP contribution in [0.25, 0.3) is 6.08 Å². The first kappa shape index (κ1) is 21.0. The number of nitrogens with one attached hydrogen (secondary N) is 3. The second kappa shape index (κ2) is 10.2. The van der Waals surface area contributed by atoms with Gasteiger partial charge in [0.25, 0.3) is 5.91 Å². The van der Waals surface area contributed by atoms with Crippen molar-refractivity contribution in [2.75, 3.05) is 5.32 Å². The van der Waals surface area contributed by atoms with Crippen molar-refractivity contribution in [3.8, 4) is 0 Å². The van der Waals surface area contributed by atoms with Gasteiger partial charge in [0.1, 0.15) is 0 Å². The molecule has 2 amide bonds. The number of H-pyrrole nitrogens is 1. The van der Waals surface area contributed by atoms with Gasteiger partial charge in [-0.15, -0.1) is 0 Å². The Morgan fingerprint density at radius 1 is 1.10 bits per heavy atom. The van der Waals surface area contributed by atoms with Crippen LogP contribution in [0, 0.1) is 6.92 Å². The molecule has 7 heteroatoms. The monoisotopic (exact) mass is 404 g/mol. The molecule has 30 heavy (non-hydrogen) atoms. The van der Waals surface area contributed by atoms with Gasteiger partial charge in [0.05, 0.1) is 6.04 Å². The zero-order chi connectivity index (χ0) is 21.3. The van der Waals surface area contributed by atoms with Gasteiger partial charge >= 0.3 is 0 Å². The van der Waals surface area contributed by atoms with E-state index < -0.39 is 24.0 Å². The first-order chi connectivity index (χ1) is 14.5. The van der Waals surface area contributed by atoms with E-state index in [0.717, 1.165) is 16.8 Å². The number of carbonyl (C=O) groups excluding carboxylic acids is 2. The van der Waals surface area contributed by atoms with Crippen molar-refractivity contribution in [3.05, 3.63) is 89.8 Å². The highest BCUT2D eigenvalue weighted by atomic mass is 16.3. The third-order valence-electron chi connectivity index (χ3n) is 4.45. The summed E-state index contributed by atoms with van der Waals surface area (Å²) in [7, 11) is 0. The smallest absolute Gasteiger partial charge is 0.257 e. The molecular weight excluding hydrogens is 380 g/mol. The number of aromatic nitrogens is 2. The minimum Gasteiger partial charge on any atom is -0.381 e. The van der Waals surface area contributed by atoms with Crippen molar-refractivity contribution in [2.45, 2.75) is 25.5 Å². The molecule has 0 saturated carbocycles. The first-order valence-electron chi connectivity index (χ1n) is 9.59. The Hall–Kier alpha value is -3.71. The standard InChI is InChI=1S/C23H24N4O3/c1-16-15-24-23(25-16)27-22(30)21(29)19(14-18-10-6-3-7-11-18)26-20(28)13-12-17-8-4-2-5-9-17/h2-13,15,19,21,29H,14H2,1H3,(H,26,28)(H2,24,25,27,30)/t19-,21+/m0/s1. The van der Waals surface area contributed by atoms with E-state index in [2.05, 4.69) is 20.6 Å². The Balaban J connectivity index is 1.71. The molecule has 0 unspecified atom stereocenters. The lowest BCUT2D eigenvalue weighted by Gasteiger charge is -2.23. The number of anilines is 1. The Morgan fingerprint density at radius 3 is 2.40 bits per heavy atom. The molecule has 0 aliphatic rings. The van der Waals surface area contributed by atoms with E-state index in [1.807, 2.05) is 60.7 Å². The number of aliphatic hydroxyl groups excluding tert-OH is 1. The summed E-state index contributed by atoms with van der Waals surface area (Å²) in [5.74, 6) is -0.816. The van der Waals surface area contributed by atoms with Crippen LogP contribution >= 0.6 is 0 Å². The third-order valence-corrected chi connectivity index (χ3v) is 4.45. The molecule has 0 aliphatic heterocycles. The maximum absolute atomic E-state index is 12.5. The van der Waals surface area contributed by atoms with E-state index >= 15 is 0 Å². The molecule has 4 N–H and O–H groups in total. The van der Waals surface area contributed by atoms with Gasteiger partial charge in [0, 0.05) is 18.0 Å². The number of aliphatic hydroxyl groups is 1. The lowest BCUT2D eigenvalue weighted by molar-refractivity contribution is -0.126. The van der Waals surface area contributed by atoms with Crippen LogP contribution in [0.5, 0.6) is 0 Å². The highest BCUT2D eigenvalue weighted by Crippen LogP contribution is 2.10. The highest BCUT2D eigenvalue weighted by molar-refractivity contribution is 5.95. The summed E-state index contributed by atoms with van der Waals surface area (Å²) in [5, 5.41) is 15.9. The molecule has 0 fully saturated rings. The SMILES string of the molecule is Cc1cnc(NC(=O)[C@H](O)[C@H](Cc2ccccc2)NC(=O)C=Cc2ccccc2)[nH]1. The maximum atomic E-state index is 12.5. The van der Waals surface area contributed by atoms with E-state index in [9.17, 15) is 14.7 Å². The lowest BCUT2D eigenvalue weighted by Crippen LogP contribution is -2.49. The van der Waals surface area contributed by atoms with E-state index in [1.54, 1.807) is 19.2 Å². The van der Waals surface area contributed by atoms with Crippen molar-refractivity contribution in [3.63, 3.8) is 0 Å². The van der Waals surface area contributed by atoms with E-state index in [0.29, 0.717) is 0 Å². The van der Waals surface area contributed by atoms with E-state index in [4.69, 9.17) is 0 Å². The molecule has 3 aromatic rings. The van der Waals surface area contributed by atoms with Gasteiger partial charge in [-0.3, -0.25) is 14.9 Å². The summed E-state index contributed by atoms with van der Waals surface area (Å²) in [6.07, 6.45) is 3.45. The summed E-state index contributed by atoms with van der Waals surface area (Å²) in [4.78, 5) is 31.9. The van der Waals surface area contributed by atoms with Gasteiger partial charge in [0.15, 0.2) is 6.10 Å². The fraction of sp³-hybridized carbons (Fsp3) is 0.174. The van der Waals surface area contributed by atoms with Crippen LogP contribution in [0.2, 0.25) is 0 Å². The molecule has 2 aromatic carbocycles. The van der Waals surface area contributed by atoms with Crippen LogP contribution in [-0.2, 0) is 16.0 Å². The van der Waals surface area contributed by atoms with Crippen LogP contribution in [0.1, 0.15) is 16.8 Å². The van der Waals surface area contributed by atoms with Crippen molar-refractivity contribution in [1.82, 2.24) is 15.3 Å². The topological polar surface area (TPSA) is 107 Å². The zero-order valence-corrected chi connectivity index (χ0v) is 16.6. The second-order valence-corrected chi connectivity index (χ2v) is 6.90. The Morgan fingerprint density at radius 2 is 1.77 bits per heavy atom. The van der Waals surface area contributed by atoms with E-state index in [-0.39, 0.29) is 12.4 Å². The molecule has 0 radical (unpaired) electrons. The summed E-state index contributed by atoms with van der Waals surface area (Å²) in [6, 6.07) is 17.9. The van der Waals surface area contributed by atoms with Crippen LogP contribution in [0.15, 0.2) is 72.9 Å². The predicted octanol–water partition coefficient (Wildman–Crippen LogP) is 2.46. The Bertz CT molecular complexity index is 1000. The Labute approximate surface area is 174 Å². The zero-order valence-electron chi connectivity index (χ0n) is 16.6. The normalized spacial score (nSPS) is 13.0. The molecule has 0 saturated heterocycles. The predicted molar refractivity (Wildman–Crippen MR) is 116 cm³/mol. The number of aromatic amines is 1. The number of imidazole rings is 1. The fourth-order valence-electron chi connectivity index (χ4n) is 2.93. The number of hydrogen-bond acceptors (Lipinski definition) is 4. The third kappa shape index (κ3) is 6.15. The number of carbonyl (C=O) groups is 2. The second-order valence-electron chi connectivity index (χ2n) is 6.90. The molecule has 3 rings (SSSR count). The molecule has 154 valence electrons. The largest absolute Gasteiger partial charge is 0.381 e. The molecular formula is C23H24N4O3. The maximum Gasteiger partial charge on any atom is 0.257 e. The van der Waals surface area contributed by atoms with Gasteiger partial charge < -0.3 is 15.4 Å². The number of benzene rings is 2. The molecule has 0 bridgehead atoms. The quantitative estimate of drug-likeness (QED) is 0.433. The fourth-order valence-corrected chi connectivity index (χ4v) is 2.93. The highest BCUT2D eigenvalue weighted by Gasteiger charge is 2.28. The molecule has 0 spiro atoms. The van der Waals surface area contributed by atoms with Gasteiger partial charge in [0.2, 0.25) is 11.9 Å². The molecule has 1 aromatic heterocycles. The number of rotatable bonds is 8. The average molecular weight is 404 g/mol. The van der Waals surface area contributed by atoms with Gasteiger partial charge in [-0.05, 0) is 30.5 Å². The number of amides is 2. The number of hydrogen-bond donors (Lipinski definition) is 4. The Kier molecular flexibility index (Phi) is 7.13. The first-order valence-corrected chi connectivity index (χ1v) is 9.59. The van der Waals surface area contributed by atoms with Crippen molar-refractivity contribution < 1.29 is 14.7 Å². The van der Waals surface area contributed by atoms with Crippen molar-refractivity contribution >= 4 is 23.8 Å². The van der Waals surface area contributed by atoms with Gasteiger partial charge in [-0.1, -0.05) is 60.7 Å². The number of nitrogens with zero attached hydrogens (tertiary/aromatic N) is 1. The lowest BCUT2D eigenvalue weighted by atomic mass is 10.0. The van der Waals surface area contributed by atoms with Gasteiger partial charge in [-0.25, -0.2) is 4.98 Å². The molecule has 0 aliphatic carbocycles. The van der Waals surface area contributed by atoms with Crippen molar-refractivity contribution in [2.24, 2.45) is 0 Å². The molecule has 1 heterocycles. The number of aryl methyl sites for hydroxylation is 1. The summed E-state index contributed by atoms with van der Waals surface area (Å²) >= 11 is 0. The average Bonchev–Trinajstić information content (AvgIpc) is 3.17. The van der Waals surface area contributed by atoms with Gasteiger partial charge in [-0.2, -0.15) is 0 Å². The van der Waals surface area contributed by atoms with Crippen LogP contribution in [0.4, 0.5) is 5.95 Å². The van der Waals surface area contributed by atoms with Crippen LogP contribution in [-0.4, -0.2) is 39.0 Å². The summed E-state index contributed by atoms with van der Waals surface area (Å²) in [6.45, 7) is 1.80. The minimum absolute atomic E-state index is 0.241. The van der Waals surface area contributed by atoms with Crippen LogP contribution in [0.3, 0.4) is 0 Å². The molecule has 7 nitrogen and oxygen atoms in total. The molecule has 2 atom stereocenters. The van der Waals surface area contributed by atoms with Crippen LogP contribution < -0.4 is 10.6 Å².